The van der Waals surface area contributed by atoms with Crippen LogP contribution in [0.25, 0.3) is 22.2 Å². The zero-order valence-corrected chi connectivity index (χ0v) is 19.3. The molecule has 3 saturated heterocycles. The minimum Gasteiger partial charge on any atom is -0.497 e. The number of fused-ring (bicyclic) bond motifs is 4. The number of pyridine rings is 1. The molecule has 4 nitrogen and oxygen atoms in total. The van der Waals surface area contributed by atoms with Gasteiger partial charge in [0.1, 0.15) is 5.75 Å². The zero-order chi connectivity index (χ0) is 24.0. The number of piperidine rings is 3. The summed E-state index contributed by atoms with van der Waals surface area (Å²) in [5.41, 5.74) is 1.84. The molecule has 1 aromatic heterocycles. The van der Waals surface area contributed by atoms with Gasteiger partial charge in [-0.05, 0) is 73.2 Å². The van der Waals surface area contributed by atoms with Gasteiger partial charge in [-0.25, -0.2) is 4.98 Å². The van der Waals surface area contributed by atoms with E-state index in [0.29, 0.717) is 34.4 Å². The molecule has 0 spiro atoms. The predicted octanol–water partition coefficient (Wildman–Crippen LogP) is 6.08. The van der Waals surface area contributed by atoms with Crippen LogP contribution in [0.3, 0.4) is 0 Å². The monoisotopic (exact) mass is 470 g/mol. The summed E-state index contributed by atoms with van der Waals surface area (Å²) in [5, 5.41) is 12.5. The molecule has 3 aliphatic heterocycles. The van der Waals surface area contributed by atoms with Crippen molar-refractivity contribution in [3.05, 3.63) is 59.7 Å². The molecular formula is C27H29F3N2O2. The highest BCUT2D eigenvalue weighted by molar-refractivity contribution is 5.87. The lowest BCUT2D eigenvalue weighted by Crippen LogP contribution is -2.55. The van der Waals surface area contributed by atoms with Crippen molar-refractivity contribution in [3.63, 3.8) is 0 Å². The van der Waals surface area contributed by atoms with E-state index in [9.17, 15) is 18.3 Å². The predicted molar refractivity (Wildman–Crippen MR) is 126 cm³/mol. The molecule has 2 bridgehead atoms. The van der Waals surface area contributed by atoms with Crippen LogP contribution in [0.2, 0.25) is 0 Å². The molecule has 7 heteroatoms. The molecule has 3 fully saturated rings. The van der Waals surface area contributed by atoms with Crippen LogP contribution in [-0.2, 0) is 6.18 Å². The maximum absolute atomic E-state index is 13.0. The third-order valence-corrected chi connectivity index (χ3v) is 7.70. The molecule has 0 saturated carbocycles. The fourth-order valence-electron chi connectivity index (χ4n) is 5.76. The van der Waals surface area contributed by atoms with Gasteiger partial charge in [0.15, 0.2) is 0 Å². The number of hydrogen-bond donors (Lipinski definition) is 1. The Hall–Kier alpha value is -2.64. The van der Waals surface area contributed by atoms with Crippen molar-refractivity contribution >= 4 is 10.9 Å². The van der Waals surface area contributed by atoms with Crippen LogP contribution in [0.1, 0.15) is 43.4 Å². The Morgan fingerprint density at radius 1 is 1.15 bits per heavy atom. The van der Waals surface area contributed by atoms with Gasteiger partial charge in [0, 0.05) is 23.5 Å². The summed E-state index contributed by atoms with van der Waals surface area (Å²) in [5.74, 6) is 1.96. The number of rotatable bonds is 5. The van der Waals surface area contributed by atoms with E-state index >= 15 is 0 Å². The molecule has 0 radical (unpaired) electrons. The van der Waals surface area contributed by atoms with Gasteiger partial charge in [0.05, 0.1) is 30.0 Å². The van der Waals surface area contributed by atoms with E-state index in [1.165, 1.54) is 18.6 Å². The molecule has 4 unspecified atom stereocenters. The topological polar surface area (TPSA) is 45.6 Å². The first-order valence-corrected chi connectivity index (χ1v) is 11.9. The summed E-state index contributed by atoms with van der Waals surface area (Å²) in [6.45, 7) is 4.22. The van der Waals surface area contributed by atoms with Crippen LogP contribution in [0.4, 0.5) is 13.2 Å². The summed E-state index contributed by atoms with van der Waals surface area (Å²) in [6, 6.07) is 12.4. The standard InChI is InChI=1S/C27H29F3N2O2/c1-3-16-15-32-11-10-18(16)12-25(32)26(33)22-14-24(17-4-6-19(7-5-17)27(28,29)30)31-23-9-8-20(34-2)13-21(22)23/h4-9,13-14,16,18,25-26,33H,3,10-12,15H2,1-2H3/t16?,18?,25?,26-/m1/s1. The van der Waals surface area contributed by atoms with E-state index in [-0.39, 0.29) is 6.04 Å². The van der Waals surface area contributed by atoms with E-state index in [2.05, 4.69) is 11.8 Å². The summed E-state index contributed by atoms with van der Waals surface area (Å²) in [4.78, 5) is 7.12. The van der Waals surface area contributed by atoms with Gasteiger partial charge in [-0.15, -0.1) is 0 Å². The minimum absolute atomic E-state index is 0.0128. The van der Waals surface area contributed by atoms with Gasteiger partial charge in [-0.2, -0.15) is 13.2 Å². The van der Waals surface area contributed by atoms with E-state index in [0.717, 1.165) is 49.0 Å². The number of methoxy groups -OCH3 is 1. The Balaban J connectivity index is 1.57. The highest BCUT2D eigenvalue weighted by atomic mass is 19.4. The van der Waals surface area contributed by atoms with E-state index in [4.69, 9.17) is 9.72 Å². The second kappa shape index (κ2) is 8.86. The fourth-order valence-corrected chi connectivity index (χ4v) is 5.76. The SMILES string of the molecule is CCC1CN2CCC1CC2[C@H](O)c1cc(-c2ccc(C(F)(F)F)cc2)nc2ccc(OC)cc12. The van der Waals surface area contributed by atoms with Crippen LogP contribution in [0, 0.1) is 11.8 Å². The Morgan fingerprint density at radius 3 is 2.53 bits per heavy atom. The van der Waals surface area contributed by atoms with Crippen molar-refractivity contribution in [1.82, 2.24) is 9.88 Å². The molecule has 4 heterocycles. The molecule has 1 N–H and O–H groups in total. The minimum atomic E-state index is -4.39. The molecular weight excluding hydrogens is 441 g/mol. The van der Waals surface area contributed by atoms with Crippen molar-refractivity contribution < 1.29 is 23.0 Å². The molecule has 2 aromatic carbocycles. The second-order valence-corrected chi connectivity index (χ2v) is 9.51. The largest absolute Gasteiger partial charge is 0.497 e. The number of alkyl halides is 3. The van der Waals surface area contributed by atoms with Crippen LogP contribution < -0.4 is 4.74 Å². The van der Waals surface area contributed by atoms with Gasteiger partial charge >= 0.3 is 6.18 Å². The molecule has 3 aromatic rings. The number of halogens is 3. The van der Waals surface area contributed by atoms with Gasteiger partial charge in [-0.1, -0.05) is 25.5 Å². The maximum atomic E-state index is 13.0. The molecule has 5 atom stereocenters. The van der Waals surface area contributed by atoms with Crippen molar-refractivity contribution in [1.29, 1.82) is 0 Å². The summed E-state index contributed by atoms with van der Waals surface area (Å²) < 4.78 is 44.5. The molecule has 0 aliphatic carbocycles. The van der Waals surface area contributed by atoms with E-state index < -0.39 is 17.8 Å². The summed E-state index contributed by atoms with van der Waals surface area (Å²) in [6.07, 6.45) is -1.85. The number of benzene rings is 2. The van der Waals surface area contributed by atoms with Crippen molar-refractivity contribution in [2.75, 3.05) is 20.2 Å². The van der Waals surface area contributed by atoms with Crippen molar-refractivity contribution in [2.45, 2.75) is 44.5 Å². The first-order valence-electron chi connectivity index (χ1n) is 11.9. The van der Waals surface area contributed by atoms with Crippen LogP contribution in [-0.4, -0.2) is 41.2 Å². The number of aliphatic hydroxyl groups excluding tert-OH is 1. The molecule has 6 rings (SSSR count). The quantitative estimate of drug-likeness (QED) is 0.491. The smallest absolute Gasteiger partial charge is 0.416 e. The fraction of sp³-hybridized carbons (Fsp3) is 0.444. The number of ether oxygens (including phenoxy) is 1. The van der Waals surface area contributed by atoms with Crippen LogP contribution in [0.15, 0.2) is 48.5 Å². The lowest BCUT2D eigenvalue weighted by atomic mass is 9.72. The Morgan fingerprint density at radius 2 is 1.91 bits per heavy atom. The number of hydrogen-bond acceptors (Lipinski definition) is 4. The Bertz CT molecular complexity index is 1180. The average Bonchev–Trinajstić information content (AvgIpc) is 2.87. The van der Waals surface area contributed by atoms with Crippen molar-refractivity contribution in [2.24, 2.45) is 11.8 Å². The second-order valence-electron chi connectivity index (χ2n) is 9.51. The third kappa shape index (κ3) is 4.16. The Labute approximate surface area is 197 Å². The summed E-state index contributed by atoms with van der Waals surface area (Å²) >= 11 is 0. The molecule has 0 amide bonds. The molecule has 3 aliphatic rings. The third-order valence-electron chi connectivity index (χ3n) is 7.70. The van der Waals surface area contributed by atoms with Crippen LogP contribution >= 0.6 is 0 Å². The lowest BCUT2D eigenvalue weighted by molar-refractivity contribution is -0.137. The van der Waals surface area contributed by atoms with Crippen molar-refractivity contribution in [3.8, 4) is 17.0 Å². The maximum Gasteiger partial charge on any atom is 0.416 e. The van der Waals surface area contributed by atoms with Gasteiger partial charge in [-0.3, -0.25) is 4.90 Å². The highest BCUT2D eigenvalue weighted by Gasteiger charge is 2.42. The van der Waals surface area contributed by atoms with E-state index in [1.807, 2.05) is 18.2 Å². The first kappa shape index (κ1) is 23.1. The first-order chi connectivity index (χ1) is 16.3. The number of aliphatic hydroxyl groups is 1. The molecule has 34 heavy (non-hydrogen) atoms. The average molecular weight is 471 g/mol. The van der Waals surface area contributed by atoms with Crippen LogP contribution in [0.5, 0.6) is 5.75 Å². The van der Waals surface area contributed by atoms with E-state index in [1.54, 1.807) is 13.2 Å². The molecule has 180 valence electrons. The Kier molecular flexibility index (Phi) is 6.02. The summed E-state index contributed by atoms with van der Waals surface area (Å²) in [7, 11) is 1.60. The van der Waals surface area contributed by atoms with Gasteiger partial charge < -0.3 is 9.84 Å². The number of aromatic nitrogens is 1. The van der Waals surface area contributed by atoms with Gasteiger partial charge in [0.25, 0.3) is 0 Å². The number of nitrogens with zero attached hydrogens (tertiary/aromatic N) is 2. The van der Waals surface area contributed by atoms with Gasteiger partial charge in [0.2, 0.25) is 0 Å². The zero-order valence-electron chi connectivity index (χ0n) is 19.3. The highest BCUT2D eigenvalue weighted by Crippen LogP contribution is 2.43. The lowest BCUT2D eigenvalue weighted by Gasteiger charge is -2.51. The normalized spacial score (nSPS) is 25.5.